The second-order valence-electron chi connectivity index (χ2n) is 7.77. The molecule has 2 aliphatic heterocycles. The maximum absolute atomic E-state index is 11.8. The zero-order chi connectivity index (χ0) is 13.7. The molecule has 3 heteroatoms. The summed E-state index contributed by atoms with van der Waals surface area (Å²) in [5, 5.41) is 0. The first-order valence-electron chi connectivity index (χ1n) is 7.93. The predicted octanol–water partition coefficient (Wildman–Crippen LogP) is 2.65. The average molecular weight is 264 g/mol. The summed E-state index contributed by atoms with van der Waals surface area (Å²) in [5.74, 6) is 0.357. The van der Waals surface area contributed by atoms with Gasteiger partial charge in [0.1, 0.15) is 0 Å². The van der Waals surface area contributed by atoms with Crippen LogP contribution >= 0.6 is 0 Å². The fourth-order valence-corrected chi connectivity index (χ4v) is 4.54. The first-order chi connectivity index (χ1) is 8.92. The summed E-state index contributed by atoms with van der Waals surface area (Å²) in [6.45, 7) is 7.19. The van der Waals surface area contributed by atoms with E-state index in [-0.39, 0.29) is 5.54 Å². The van der Waals surface area contributed by atoms with Gasteiger partial charge in [-0.15, -0.1) is 0 Å². The lowest BCUT2D eigenvalue weighted by Crippen LogP contribution is -2.53. The monoisotopic (exact) mass is 264 g/mol. The van der Waals surface area contributed by atoms with Gasteiger partial charge in [0.2, 0.25) is 5.91 Å². The molecule has 3 fully saturated rings. The average Bonchev–Trinajstić information content (AvgIpc) is 2.87. The van der Waals surface area contributed by atoms with Crippen LogP contribution in [0.1, 0.15) is 58.8 Å². The Bertz CT molecular complexity index is 369. The third-order valence-corrected chi connectivity index (χ3v) is 6.08. The number of nitrogens with zero attached hydrogens (tertiary/aromatic N) is 2. The van der Waals surface area contributed by atoms with Crippen molar-refractivity contribution in [2.24, 2.45) is 5.41 Å². The summed E-state index contributed by atoms with van der Waals surface area (Å²) in [7, 11) is 2.02. The summed E-state index contributed by atoms with van der Waals surface area (Å²) in [5.41, 5.74) is 0.752. The second-order valence-corrected chi connectivity index (χ2v) is 7.77. The number of amides is 1. The van der Waals surface area contributed by atoms with Gasteiger partial charge in [0.15, 0.2) is 0 Å². The van der Waals surface area contributed by atoms with Crippen LogP contribution in [0.3, 0.4) is 0 Å². The van der Waals surface area contributed by atoms with Crippen molar-refractivity contribution < 1.29 is 4.79 Å². The molecule has 1 atom stereocenters. The van der Waals surface area contributed by atoms with Gasteiger partial charge in [-0.25, -0.2) is 0 Å². The highest BCUT2D eigenvalue weighted by molar-refractivity contribution is 5.79. The summed E-state index contributed by atoms with van der Waals surface area (Å²) in [4.78, 5) is 16.5. The fourth-order valence-electron chi connectivity index (χ4n) is 4.54. The minimum absolute atomic E-state index is 0.210. The van der Waals surface area contributed by atoms with Crippen LogP contribution in [0.2, 0.25) is 0 Å². The van der Waals surface area contributed by atoms with E-state index in [9.17, 15) is 4.79 Å². The van der Waals surface area contributed by atoms with Gasteiger partial charge < -0.3 is 9.80 Å². The van der Waals surface area contributed by atoms with Gasteiger partial charge in [-0.1, -0.05) is 13.8 Å². The molecule has 0 radical (unpaired) electrons. The fraction of sp³-hybridized carbons (Fsp3) is 0.938. The summed E-state index contributed by atoms with van der Waals surface area (Å²) < 4.78 is 0. The molecule has 108 valence electrons. The van der Waals surface area contributed by atoms with Crippen molar-refractivity contribution in [2.45, 2.75) is 70.4 Å². The number of carbonyl (C=O) groups excluding carboxylic acids is 1. The Labute approximate surface area is 117 Å². The molecule has 3 aliphatic rings. The highest BCUT2D eigenvalue weighted by Crippen LogP contribution is 2.43. The van der Waals surface area contributed by atoms with Crippen molar-refractivity contribution in [3.05, 3.63) is 0 Å². The lowest BCUT2D eigenvalue weighted by Gasteiger charge is -2.45. The molecule has 1 saturated carbocycles. The normalized spacial score (nSPS) is 34.4. The Kier molecular flexibility index (Phi) is 3.16. The SMILES string of the molecule is CN1C(=O)CCC12CCN(C1CCC(C)(C)C1)CC2. The van der Waals surface area contributed by atoms with Crippen LogP contribution in [0.15, 0.2) is 0 Å². The zero-order valence-electron chi connectivity index (χ0n) is 12.7. The quantitative estimate of drug-likeness (QED) is 0.727. The Morgan fingerprint density at radius 2 is 1.79 bits per heavy atom. The maximum Gasteiger partial charge on any atom is 0.222 e. The Morgan fingerprint density at radius 1 is 1.11 bits per heavy atom. The third-order valence-electron chi connectivity index (χ3n) is 6.08. The first kappa shape index (κ1) is 13.4. The summed E-state index contributed by atoms with van der Waals surface area (Å²) >= 11 is 0. The molecular formula is C16H28N2O. The molecule has 1 spiro atoms. The van der Waals surface area contributed by atoms with Gasteiger partial charge in [0.05, 0.1) is 0 Å². The van der Waals surface area contributed by atoms with E-state index in [4.69, 9.17) is 0 Å². The zero-order valence-corrected chi connectivity index (χ0v) is 12.7. The number of likely N-dealkylation sites (tertiary alicyclic amines) is 2. The van der Waals surface area contributed by atoms with Crippen molar-refractivity contribution in [1.82, 2.24) is 9.80 Å². The van der Waals surface area contributed by atoms with Crippen LogP contribution in [0.25, 0.3) is 0 Å². The van der Waals surface area contributed by atoms with Gasteiger partial charge in [-0.3, -0.25) is 4.79 Å². The number of rotatable bonds is 1. The van der Waals surface area contributed by atoms with E-state index < -0.39 is 0 Å². The molecule has 3 rings (SSSR count). The molecule has 19 heavy (non-hydrogen) atoms. The molecule has 1 aliphatic carbocycles. The van der Waals surface area contributed by atoms with Gasteiger partial charge in [-0.2, -0.15) is 0 Å². The van der Waals surface area contributed by atoms with Crippen LogP contribution < -0.4 is 0 Å². The molecular weight excluding hydrogens is 236 g/mol. The Balaban J connectivity index is 1.60. The van der Waals surface area contributed by atoms with E-state index in [1.54, 1.807) is 0 Å². The Morgan fingerprint density at radius 3 is 2.26 bits per heavy atom. The van der Waals surface area contributed by atoms with E-state index in [0.29, 0.717) is 11.3 Å². The third kappa shape index (κ3) is 2.31. The molecule has 0 N–H and O–H groups in total. The van der Waals surface area contributed by atoms with Crippen LogP contribution in [-0.4, -0.2) is 47.4 Å². The predicted molar refractivity (Wildman–Crippen MR) is 77.0 cm³/mol. The second kappa shape index (κ2) is 4.47. The minimum atomic E-state index is 0.210. The number of carbonyl (C=O) groups is 1. The molecule has 1 unspecified atom stereocenters. The topological polar surface area (TPSA) is 23.6 Å². The number of piperidine rings is 1. The molecule has 2 saturated heterocycles. The highest BCUT2D eigenvalue weighted by Gasteiger charge is 2.46. The molecule has 0 aromatic rings. The van der Waals surface area contributed by atoms with Crippen LogP contribution in [-0.2, 0) is 4.79 Å². The van der Waals surface area contributed by atoms with E-state index in [0.717, 1.165) is 18.9 Å². The van der Waals surface area contributed by atoms with Crippen LogP contribution in [0.5, 0.6) is 0 Å². The number of hydrogen-bond donors (Lipinski definition) is 0. The van der Waals surface area contributed by atoms with E-state index in [2.05, 4.69) is 23.6 Å². The van der Waals surface area contributed by atoms with Gasteiger partial charge in [-0.05, 0) is 43.9 Å². The number of hydrogen-bond acceptors (Lipinski definition) is 2. The molecule has 1 amide bonds. The van der Waals surface area contributed by atoms with Crippen LogP contribution in [0, 0.1) is 5.41 Å². The lowest BCUT2D eigenvalue weighted by molar-refractivity contribution is -0.130. The lowest BCUT2D eigenvalue weighted by atomic mass is 9.84. The van der Waals surface area contributed by atoms with Crippen molar-refractivity contribution in [3.8, 4) is 0 Å². The van der Waals surface area contributed by atoms with Crippen molar-refractivity contribution in [2.75, 3.05) is 20.1 Å². The largest absolute Gasteiger partial charge is 0.340 e. The van der Waals surface area contributed by atoms with E-state index in [1.807, 2.05) is 7.05 Å². The van der Waals surface area contributed by atoms with Gasteiger partial charge in [0.25, 0.3) is 0 Å². The van der Waals surface area contributed by atoms with Crippen molar-refractivity contribution >= 4 is 5.91 Å². The molecule has 0 aromatic heterocycles. The highest BCUT2D eigenvalue weighted by atomic mass is 16.2. The van der Waals surface area contributed by atoms with Gasteiger partial charge >= 0.3 is 0 Å². The molecule has 0 aromatic carbocycles. The maximum atomic E-state index is 11.8. The van der Waals surface area contributed by atoms with Crippen molar-refractivity contribution in [1.29, 1.82) is 0 Å². The van der Waals surface area contributed by atoms with E-state index in [1.165, 1.54) is 45.2 Å². The summed E-state index contributed by atoms with van der Waals surface area (Å²) in [6, 6.07) is 0.801. The van der Waals surface area contributed by atoms with E-state index >= 15 is 0 Å². The molecule has 0 bridgehead atoms. The first-order valence-corrected chi connectivity index (χ1v) is 7.93. The van der Waals surface area contributed by atoms with Crippen molar-refractivity contribution in [3.63, 3.8) is 0 Å². The summed E-state index contributed by atoms with van der Waals surface area (Å²) in [6.07, 6.45) is 8.33. The minimum Gasteiger partial charge on any atom is -0.340 e. The molecule has 3 nitrogen and oxygen atoms in total. The molecule has 2 heterocycles. The Hall–Kier alpha value is -0.570. The van der Waals surface area contributed by atoms with Crippen LogP contribution in [0.4, 0.5) is 0 Å². The van der Waals surface area contributed by atoms with Gasteiger partial charge in [0, 0.05) is 38.1 Å². The smallest absolute Gasteiger partial charge is 0.222 e. The standard InChI is InChI=1S/C16H28N2O/c1-15(2)6-4-13(12-15)18-10-8-16(9-11-18)7-5-14(19)17(16)3/h13H,4-12H2,1-3H3.